The average Bonchev–Trinajstić information content (AvgIpc) is 3.09. The third kappa shape index (κ3) is 3.99. The maximum Gasteiger partial charge on any atom is 0.317 e. The predicted molar refractivity (Wildman–Crippen MR) is 106 cm³/mol. The van der Waals surface area contributed by atoms with E-state index in [0.29, 0.717) is 12.6 Å². The molecule has 26 heavy (non-hydrogen) atoms. The van der Waals surface area contributed by atoms with E-state index >= 15 is 0 Å². The molecule has 4 rings (SSSR count). The first kappa shape index (κ1) is 17.7. The normalized spacial score (nSPS) is 19.8. The van der Waals surface area contributed by atoms with E-state index in [1.165, 1.54) is 30.2 Å². The largest absolute Gasteiger partial charge is 0.332 e. The molecule has 0 atom stereocenters. The molecule has 140 valence electrons. The molecule has 1 N–H and O–H groups in total. The molecule has 6 nitrogen and oxygen atoms in total. The van der Waals surface area contributed by atoms with Crippen molar-refractivity contribution in [2.45, 2.75) is 32.4 Å². The molecule has 0 spiro atoms. The topological polar surface area (TPSA) is 52.9 Å². The van der Waals surface area contributed by atoms with Gasteiger partial charge < -0.3 is 14.6 Å². The maximum atomic E-state index is 12.5. The second-order valence-corrected chi connectivity index (χ2v) is 8.45. The van der Waals surface area contributed by atoms with Gasteiger partial charge in [-0.15, -0.1) is 0 Å². The van der Waals surface area contributed by atoms with Gasteiger partial charge in [-0.05, 0) is 37.5 Å². The van der Waals surface area contributed by atoms with Crippen LogP contribution in [0.1, 0.15) is 24.1 Å². The predicted octanol–water partition coefficient (Wildman–Crippen LogP) is 2.37. The Hall–Kier alpha value is -1.73. The van der Waals surface area contributed by atoms with Gasteiger partial charge in [-0.3, -0.25) is 4.90 Å². The Balaban J connectivity index is 1.27. The molecule has 0 unspecified atom stereocenters. The molecule has 2 aromatic heterocycles. The number of nitrogens with one attached hydrogen (secondary N) is 1. The number of rotatable bonds is 3. The van der Waals surface area contributed by atoms with Crippen molar-refractivity contribution >= 4 is 23.4 Å². The summed E-state index contributed by atoms with van der Waals surface area (Å²) < 4.78 is 2.00. The number of carbonyl (C=O) groups excluding carboxylic acids is 1. The molecule has 0 aromatic carbocycles. The number of aryl methyl sites for hydroxylation is 1. The molecule has 0 saturated carbocycles. The van der Waals surface area contributed by atoms with Crippen LogP contribution in [0, 0.1) is 6.92 Å². The number of fused-ring (bicyclic) bond motifs is 1. The fraction of sp³-hybridized carbons (Fsp3) is 0.579. The molecule has 2 amide bonds. The van der Waals surface area contributed by atoms with E-state index in [0.717, 1.165) is 37.3 Å². The van der Waals surface area contributed by atoms with Crippen molar-refractivity contribution in [3.63, 3.8) is 0 Å². The number of imidazole rings is 1. The lowest BCUT2D eigenvalue weighted by atomic mass is 10.0. The molecule has 2 aliphatic heterocycles. The Morgan fingerprint density at radius 2 is 2.04 bits per heavy atom. The Kier molecular flexibility index (Phi) is 5.36. The van der Waals surface area contributed by atoms with Gasteiger partial charge in [0.15, 0.2) is 0 Å². The molecular formula is C19H27N5OS. The van der Waals surface area contributed by atoms with E-state index < -0.39 is 0 Å². The number of nitrogens with zero attached hydrogens (tertiary/aromatic N) is 4. The SMILES string of the molecule is Cc1ccn2cc(CNC(=O)N3CCC(N4CCSCC4)CC3)nc2c1. The lowest BCUT2D eigenvalue weighted by Crippen LogP contribution is -2.51. The van der Waals surface area contributed by atoms with Crippen LogP contribution in [0.2, 0.25) is 0 Å². The van der Waals surface area contributed by atoms with Gasteiger partial charge in [0.05, 0.1) is 12.2 Å². The van der Waals surface area contributed by atoms with Gasteiger partial charge in [0.1, 0.15) is 5.65 Å². The zero-order valence-corrected chi connectivity index (χ0v) is 16.2. The summed E-state index contributed by atoms with van der Waals surface area (Å²) in [4.78, 5) is 21.6. The van der Waals surface area contributed by atoms with Crippen molar-refractivity contribution in [2.75, 3.05) is 37.7 Å². The Bertz CT molecular complexity index is 762. The number of hydrogen-bond donors (Lipinski definition) is 1. The van der Waals surface area contributed by atoms with Crippen LogP contribution < -0.4 is 5.32 Å². The van der Waals surface area contributed by atoms with Crippen LogP contribution in [0.3, 0.4) is 0 Å². The van der Waals surface area contributed by atoms with Crippen molar-refractivity contribution in [3.8, 4) is 0 Å². The van der Waals surface area contributed by atoms with Gasteiger partial charge in [0, 0.05) is 56.1 Å². The fourth-order valence-electron chi connectivity index (χ4n) is 3.88. The molecule has 7 heteroatoms. The maximum absolute atomic E-state index is 12.5. The smallest absolute Gasteiger partial charge is 0.317 e. The Labute approximate surface area is 158 Å². The fourth-order valence-corrected chi connectivity index (χ4v) is 4.81. The molecule has 2 aliphatic rings. The van der Waals surface area contributed by atoms with Crippen LogP contribution in [0.5, 0.6) is 0 Å². The first-order valence-corrected chi connectivity index (χ1v) is 10.6. The number of thioether (sulfide) groups is 1. The van der Waals surface area contributed by atoms with Crippen LogP contribution in [0.4, 0.5) is 4.79 Å². The molecule has 2 fully saturated rings. The minimum Gasteiger partial charge on any atom is -0.332 e. The monoisotopic (exact) mass is 373 g/mol. The van der Waals surface area contributed by atoms with Crippen LogP contribution in [0.25, 0.3) is 5.65 Å². The molecule has 2 saturated heterocycles. The minimum atomic E-state index is 0.0332. The number of pyridine rings is 1. The molecule has 0 radical (unpaired) electrons. The standard InChI is InChI=1S/C19H27N5OS/c1-15-2-5-24-14-16(21-18(24)12-15)13-20-19(25)23-6-3-17(4-7-23)22-8-10-26-11-9-22/h2,5,12,14,17H,3-4,6-11,13H2,1H3,(H,20,25). The van der Waals surface area contributed by atoms with E-state index in [1.54, 1.807) is 0 Å². The number of hydrogen-bond acceptors (Lipinski definition) is 4. The lowest BCUT2D eigenvalue weighted by Gasteiger charge is -2.40. The minimum absolute atomic E-state index is 0.0332. The second kappa shape index (κ2) is 7.88. The number of piperidine rings is 1. The molecular weight excluding hydrogens is 346 g/mol. The third-order valence-corrected chi connectivity index (χ3v) is 6.34. The zero-order chi connectivity index (χ0) is 17.9. The summed E-state index contributed by atoms with van der Waals surface area (Å²) in [6.45, 7) is 6.64. The Morgan fingerprint density at radius 1 is 1.27 bits per heavy atom. The number of urea groups is 1. The van der Waals surface area contributed by atoms with Crippen molar-refractivity contribution in [2.24, 2.45) is 0 Å². The van der Waals surface area contributed by atoms with Crippen molar-refractivity contribution in [1.82, 2.24) is 24.5 Å². The summed E-state index contributed by atoms with van der Waals surface area (Å²) in [6, 6.07) is 4.80. The highest BCUT2D eigenvalue weighted by Gasteiger charge is 2.27. The van der Waals surface area contributed by atoms with Crippen molar-refractivity contribution < 1.29 is 4.79 Å². The van der Waals surface area contributed by atoms with Gasteiger partial charge in [0.25, 0.3) is 0 Å². The number of aromatic nitrogens is 2. The van der Waals surface area contributed by atoms with E-state index in [1.807, 2.05) is 21.7 Å². The van der Waals surface area contributed by atoms with Gasteiger partial charge >= 0.3 is 6.03 Å². The summed E-state index contributed by atoms with van der Waals surface area (Å²) in [7, 11) is 0. The van der Waals surface area contributed by atoms with Crippen molar-refractivity contribution in [1.29, 1.82) is 0 Å². The molecule has 2 aromatic rings. The molecule has 0 aliphatic carbocycles. The number of amides is 2. The van der Waals surface area contributed by atoms with E-state index in [4.69, 9.17) is 0 Å². The lowest BCUT2D eigenvalue weighted by molar-refractivity contribution is 0.124. The van der Waals surface area contributed by atoms with Crippen LogP contribution in [-0.2, 0) is 6.54 Å². The summed E-state index contributed by atoms with van der Waals surface area (Å²) in [5.74, 6) is 2.50. The van der Waals surface area contributed by atoms with Gasteiger partial charge in [-0.25, -0.2) is 9.78 Å². The number of carbonyl (C=O) groups is 1. The quantitative estimate of drug-likeness (QED) is 0.897. The zero-order valence-electron chi connectivity index (χ0n) is 15.4. The highest BCUT2D eigenvalue weighted by Crippen LogP contribution is 2.20. The second-order valence-electron chi connectivity index (χ2n) is 7.23. The van der Waals surface area contributed by atoms with Crippen LogP contribution in [-0.4, -0.2) is 68.9 Å². The van der Waals surface area contributed by atoms with Gasteiger partial charge in [-0.2, -0.15) is 11.8 Å². The van der Waals surface area contributed by atoms with Gasteiger partial charge in [-0.1, -0.05) is 0 Å². The van der Waals surface area contributed by atoms with E-state index in [2.05, 4.69) is 46.0 Å². The summed E-state index contributed by atoms with van der Waals surface area (Å²) in [5.41, 5.74) is 3.01. The van der Waals surface area contributed by atoms with Crippen molar-refractivity contribution in [3.05, 3.63) is 35.8 Å². The van der Waals surface area contributed by atoms with Crippen LogP contribution >= 0.6 is 11.8 Å². The number of likely N-dealkylation sites (tertiary alicyclic amines) is 1. The average molecular weight is 374 g/mol. The highest BCUT2D eigenvalue weighted by atomic mass is 32.2. The highest BCUT2D eigenvalue weighted by molar-refractivity contribution is 7.99. The van der Waals surface area contributed by atoms with E-state index in [-0.39, 0.29) is 6.03 Å². The van der Waals surface area contributed by atoms with E-state index in [9.17, 15) is 4.79 Å². The third-order valence-electron chi connectivity index (χ3n) is 5.40. The molecule has 0 bridgehead atoms. The first-order chi connectivity index (χ1) is 12.7. The summed E-state index contributed by atoms with van der Waals surface area (Å²) in [6.07, 6.45) is 6.17. The summed E-state index contributed by atoms with van der Waals surface area (Å²) >= 11 is 2.05. The van der Waals surface area contributed by atoms with Gasteiger partial charge in [0.2, 0.25) is 0 Å². The Morgan fingerprint density at radius 3 is 2.81 bits per heavy atom. The molecule has 4 heterocycles. The van der Waals surface area contributed by atoms with Crippen LogP contribution in [0.15, 0.2) is 24.5 Å². The summed E-state index contributed by atoms with van der Waals surface area (Å²) in [5, 5.41) is 3.03. The first-order valence-electron chi connectivity index (χ1n) is 9.48.